The number of hydrogen-bond acceptors (Lipinski definition) is 5. The van der Waals surface area contributed by atoms with Gasteiger partial charge in [-0.2, -0.15) is 0 Å². The van der Waals surface area contributed by atoms with Gasteiger partial charge in [-0.25, -0.2) is 4.79 Å². The Morgan fingerprint density at radius 2 is 1.24 bits per heavy atom. The van der Waals surface area contributed by atoms with E-state index < -0.39 is 17.3 Å². The highest BCUT2D eigenvalue weighted by Gasteiger charge is 2.38. The van der Waals surface area contributed by atoms with Crippen LogP contribution in [0.2, 0.25) is 0 Å². The number of carbonyl (C=O) groups excluding carboxylic acids is 1. The van der Waals surface area contributed by atoms with Gasteiger partial charge in [-0.15, -0.1) is 0 Å². The minimum atomic E-state index is -0.867. The topological polar surface area (TPSA) is 80.0 Å². The highest BCUT2D eigenvalue weighted by atomic mass is 16.6. The zero-order chi connectivity index (χ0) is 24.6. The second kappa shape index (κ2) is 11.1. The zero-order valence-corrected chi connectivity index (χ0v) is 20.2. The minimum absolute atomic E-state index is 0.429. The van der Waals surface area contributed by atoms with Gasteiger partial charge in [0.05, 0.1) is 14.2 Å². The SMILES string of the molecule is COc1ccc(C(OCCCC(C)(C)OC(N)=O)(c2ccccc2)c2ccc(OC)cc2)cc1. The molecule has 0 fully saturated rings. The summed E-state index contributed by atoms with van der Waals surface area (Å²) in [5.74, 6) is 1.54. The van der Waals surface area contributed by atoms with Gasteiger partial charge in [0, 0.05) is 6.61 Å². The highest BCUT2D eigenvalue weighted by molar-refractivity contribution is 5.65. The van der Waals surface area contributed by atoms with Crippen LogP contribution in [-0.4, -0.2) is 32.5 Å². The fourth-order valence-electron chi connectivity index (χ4n) is 4.12. The van der Waals surface area contributed by atoms with Crippen molar-refractivity contribution in [2.45, 2.75) is 37.9 Å². The van der Waals surface area contributed by atoms with Crippen molar-refractivity contribution < 1.29 is 23.7 Å². The van der Waals surface area contributed by atoms with Crippen LogP contribution in [0.4, 0.5) is 4.79 Å². The third-order valence-corrected chi connectivity index (χ3v) is 5.79. The maximum absolute atomic E-state index is 11.2. The van der Waals surface area contributed by atoms with E-state index in [2.05, 4.69) is 12.1 Å². The molecular formula is C28H33NO5. The maximum atomic E-state index is 11.2. The molecule has 0 heterocycles. The summed E-state index contributed by atoms with van der Waals surface area (Å²) >= 11 is 0. The molecule has 3 aromatic carbocycles. The van der Waals surface area contributed by atoms with Crippen LogP contribution in [0.15, 0.2) is 78.9 Å². The summed E-state index contributed by atoms with van der Waals surface area (Å²) in [5.41, 5.74) is 6.61. The van der Waals surface area contributed by atoms with E-state index >= 15 is 0 Å². The molecule has 0 radical (unpaired) electrons. The fraction of sp³-hybridized carbons (Fsp3) is 0.321. The molecule has 0 unspecified atom stereocenters. The standard InChI is InChI=1S/C28H33NO5/c1-27(2,34-26(29)30)19-8-20-33-28(21-9-6-5-7-10-21,22-11-15-24(31-3)16-12-22)23-13-17-25(32-4)18-14-23/h5-7,9-18H,8,19-20H2,1-4H3,(H2,29,30). The van der Waals surface area contributed by atoms with Gasteiger partial charge >= 0.3 is 6.09 Å². The third kappa shape index (κ3) is 5.88. The lowest BCUT2D eigenvalue weighted by Gasteiger charge is -2.36. The van der Waals surface area contributed by atoms with Crippen LogP contribution in [0.3, 0.4) is 0 Å². The van der Waals surface area contributed by atoms with Crippen LogP contribution >= 0.6 is 0 Å². The van der Waals surface area contributed by atoms with Crippen molar-refractivity contribution in [3.63, 3.8) is 0 Å². The Morgan fingerprint density at radius 3 is 1.68 bits per heavy atom. The molecule has 2 N–H and O–H groups in total. The lowest BCUT2D eigenvalue weighted by molar-refractivity contribution is -0.00695. The van der Waals surface area contributed by atoms with Crippen molar-refractivity contribution >= 4 is 6.09 Å². The maximum Gasteiger partial charge on any atom is 0.405 e. The Hall–Kier alpha value is -3.51. The normalized spacial score (nSPS) is 11.6. The molecule has 0 spiro atoms. The van der Waals surface area contributed by atoms with Gasteiger partial charge in [-0.3, -0.25) is 0 Å². The Kier molecular flexibility index (Phi) is 8.18. The highest BCUT2D eigenvalue weighted by Crippen LogP contribution is 2.42. The summed E-state index contributed by atoms with van der Waals surface area (Å²) in [6.07, 6.45) is 0.494. The van der Waals surface area contributed by atoms with Crippen LogP contribution < -0.4 is 15.2 Å². The molecule has 3 rings (SSSR count). The zero-order valence-electron chi connectivity index (χ0n) is 20.2. The van der Waals surface area contributed by atoms with Crippen molar-refractivity contribution in [2.24, 2.45) is 5.73 Å². The van der Waals surface area contributed by atoms with E-state index in [-0.39, 0.29) is 0 Å². The molecule has 0 aliphatic carbocycles. The molecule has 3 aromatic rings. The average Bonchev–Trinajstić information content (AvgIpc) is 2.84. The Balaban J connectivity index is 2.02. The molecule has 0 aliphatic heterocycles. The summed E-state index contributed by atoms with van der Waals surface area (Å²) in [5, 5.41) is 0. The summed E-state index contributed by atoms with van der Waals surface area (Å²) in [7, 11) is 3.30. The van der Waals surface area contributed by atoms with Crippen LogP contribution in [-0.2, 0) is 15.1 Å². The van der Waals surface area contributed by atoms with Gasteiger partial charge in [-0.05, 0) is 67.6 Å². The number of primary amides is 1. The number of amides is 1. The number of hydrogen-bond donors (Lipinski definition) is 1. The first-order chi connectivity index (χ1) is 16.3. The molecule has 34 heavy (non-hydrogen) atoms. The van der Waals surface area contributed by atoms with Crippen LogP contribution in [0, 0.1) is 0 Å². The number of carbonyl (C=O) groups is 1. The number of rotatable bonds is 11. The van der Waals surface area contributed by atoms with Crippen molar-refractivity contribution in [2.75, 3.05) is 20.8 Å². The van der Waals surface area contributed by atoms with E-state index in [1.54, 1.807) is 14.2 Å². The molecule has 6 nitrogen and oxygen atoms in total. The van der Waals surface area contributed by atoms with E-state index in [0.29, 0.717) is 19.4 Å². The summed E-state index contributed by atoms with van der Waals surface area (Å²) in [6, 6.07) is 26.0. The van der Waals surface area contributed by atoms with Gasteiger partial charge in [0.25, 0.3) is 0 Å². The Labute approximate surface area is 201 Å². The van der Waals surface area contributed by atoms with Crippen LogP contribution in [0.5, 0.6) is 11.5 Å². The predicted octanol–water partition coefficient (Wildman–Crippen LogP) is 5.67. The van der Waals surface area contributed by atoms with E-state index in [1.807, 2.05) is 80.6 Å². The molecule has 6 heteroatoms. The molecule has 180 valence electrons. The van der Waals surface area contributed by atoms with Gasteiger partial charge in [-0.1, -0.05) is 54.6 Å². The predicted molar refractivity (Wildman–Crippen MR) is 132 cm³/mol. The molecule has 0 aromatic heterocycles. The second-order valence-electron chi connectivity index (χ2n) is 8.64. The molecule has 0 saturated carbocycles. The first-order valence-electron chi connectivity index (χ1n) is 11.3. The van der Waals surface area contributed by atoms with Gasteiger partial charge in [0.2, 0.25) is 0 Å². The number of nitrogens with two attached hydrogens (primary N) is 1. The lowest BCUT2D eigenvalue weighted by atomic mass is 9.80. The molecule has 0 bridgehead atoms. The summed E-state index contributed by atoms with van der Waals surface area (Å²) in [4.78, 5) is 11.2. The fourth-order valence-corrected chi connectivity index (χ4v) is 4.12. The first kappa shape index (κ1) is 25.1. The number of methoxy groups -OCH3 is 2. The monoisotopic (exact) mass is 463 g/mol. The quantitative estimate of drug-likeness (QED) is 0.293. The Morgan fingerprint density at radius 1 is 0.765 bits per heavy atom. The summed E-state index contributed by atoms with van der Waals surface area (Å²) in [6.45, 7) is 4.11. The van der Waals surface area contributed by atoms with Crippen molar-refractivity contribution in [1.29, 1.82) is 0 Å². The van der Waals surface area contributed by atoms with Gasteiger partial charge in [0.15, 0.2) is 0 Å². The first-order valence-corrected chi connectivity index (χ1v) is 11.3. The number of ether oxygens (including phenoxy) is 4. The molecule has 0 atom stereocenters. The number of benzene rings is 3. The van der Waals surface area contributed by atoms with E-state index in [9.17, 15) is 4.79 Å². The van der Waals surface area contributed by atoms with Crippen LogP contribution in [0.25, 0.3) is 0 Å². The third-order valence-electron chi connectivity index (χ3n) is 5.79. The van der Waals surface area contributed by atoms with Crippen molar-refractivity contribution in [3.05, 3.63) is 95.6 Å². The molecule has 0 saturated heterocycles. The average molecular weight is 464 g/mol. The Bertz CT molecular complexity index is 999. The lowest BCUT2D eigenvalue weighted by Crippen LogP contribution is -2.34. The minimum Gasteiger partial charge on any atom is -0.497 e. The van der Waals surface area contributed by atoms with Crippen LogP contribution in [0.1, 0.15) is 43.4 Å². The molecule has 1 amide bonds. The largest absolute Gasteiger partial charge is 0.497 e. The molecular weight excluding hydrogens is 430 g/mol. The van der Waals surface area contributed by atoms with E-state index in [1.165, 1.54) is 0 Å². The second-order valence-corrected chi connectivity index (χ2v) is 8.64. The van der Waals surface area contributed by atoms with Crippen molar-refractivity contribution in [3.8, 4) is 11.5 Å². The summed E-state index contributed by atoms with van der Waals surface area (Å²) < 4.78 is 22.8. The van der Waals surface area contributed by atoms with E-state index in [0.717, 1.165) is 28.2 Å². The van der Waals surface area contributed by atoms with Crippen molar-refractivity contribution in [1.82, 2.24) is 0 Å². The van der Waals surface area contributed by atoms with Gasteiger partial charge < -0.3 is 24.7 Å². The van der Waals surface area contributed by atoms with Gasteiger partial charge in [0.1, 0.15) is 22.7 Å². The van der Waals surface area contributed by atoms with E-state index in [4.69, 9.17) is 24.7 Å². The molecule has 0 aliphatic rings. The smallest absolute Gasteiger partial charge is 0.405 e.